The highest BCUT2D eigenvalue weighted by atomic mass is 16.5. The van der Waals surface area contributed by atoms with Crippen LogP contribution < -0.4 is 9.47 Å². The normalized spacial score (nSPS) is 12.9. The van der Waals surface area contributed by atoms with Gasteiger partial charge in [-0.3, -0.25) is 4.98 Å². The molecule has 1 fully saturated rings. The summed E-state index contributed by atoms with van der Waals surface area (Å²) in [6.07, 6.45) is 10.8. The van der Waals surface area contributed by atoms with Crippen LogP contribution >= 0.6 is 0 Å². The Bertz CT molecular complexity index is 691. The smallest absolute Gasteiger partial charge is 0.161 e. The van der Waals surface area contributed by atoms with Crippen molar-refractivity contribution in [2.45, 2.75) is 72.3 Å². The van der Waals surface area contributed by atoms with Crippen molar-refractivity contribution in [3.63, 3.8) is 0 Å². The topological polar surface area (TPSA) is 31.4 Å². The number of ether oxygens (including phenoxy) is 2. The van der Waals surface area contributed by atoms with Crippen LogP contribution in [0.4, 0.5) is 0 Å². The lowest BCUT2D eigenvalue weighted by atomic mass is 10.0. The fourth-order valence-corrected chi connectivity index (χ4v) is 3.20. The molecular weight excluding hydrogens is 346 g/mol. The average molecular weight is 384 g/mol. The van der Waals surface area contributed by atoms with Crippen molar-refractivity contribution in [2.75, 3.05) is 7.11 Å². The molecule has 154 valence electrons. The zero-order chi connectivity index (χ0) is 20.8. The predicted octanol–water partition coefficient (Wildman–Crippen LogP) is 6.72. The molecule has 1 aliphatic rings. The van der Waals surface area contributed by atoms with Crippen LogP contribution in [0, 0.1) is 6.92 Å². The maximum Gasteiger partial charge on any atom is 0.161 e. The lowest BCUT2D eigenvalue weighted by molar-refractivity contribution is 0.200. The maximum absolute atomic E-state index is 6.17. The molecule has 1 heterocycles. The van der Waals surface area contributed by atoms with Gasteiger partial charge in [-0.1, -0.05) is 26.0 Å². The number of pyridine rings is 1. The van der Waals surface area contributed by atoms with E-state index in [9.17, 15) is 0 Å². The van der Waals surface area contributed by atoms with Crippen molar-refractivity contribution in [1.29, 1.82) is 0 Å². The van der Waals surface area contributed by atoms with E-state index < -0.39 is 0 Å². The fourth-order valence-electron chi connectivity index (χ4n) is 3.20. The quantitative estimate of drug-likeness (QED) is 0.519. The minimum atomic E-state index is 0.349. The second-order valence-electron chi connectivity index (χ2n) is 6.72. The van der Waals surface area contributed by atoms with Gasteiger partial charge in [-0.15, -0.1) is 6.58 Å². The van der Waals surface area contributed by atoms with E-state index in [1.54, 1.807) is 13.2 Å². The Morgan fingerprint density at radius 3 is 2.21 bits per heavy atom. The summed E-state index contributed by atoms with van der Waals surface area (Å²) in [4.78, 5) is 4.25. The molecule has 0 radical (unpaired) electrons. The molecule has 3 nitrogen and oxygen atoms in total. The SMILES string of the molecule is C=CC.CC.COc1ccc(CCc2ccnc(C)c2)cc1OC1CCCC1. The second kappa shape index (κ2) is 13.8. The number of methoxy groups -OCH3 is 1. The predicted molar refractivity (Wildman–Crippen MR) is 119 cm³/mol. The molecule has 0 saturated heterocycles. The minimum absolute atomic E-state index is 0.349. The maximum atomic E-state index is 6.17. The summed E-state index contributed by atoms with van der Waals surface area (Å²) in [5, 5.41) is 0. The molecule has 0 N–H and O–H groups in total. The molecule has 1 saturated carbocycles. The monoisotopic (exact) mass is 383 g/mol. The molecule has 2 aromatic rings. The molecule has 1 aromatic carbocycles. The Morgan fingerprint density at radius 2 is 1.64 bits per heavy atom. The molecule has 3 rings (SSSR count). The van der Waals surface area contributed by atoms with Crippen molar-refractivity contribution >= 4 is 0 Å². The molecule has 0 unspecified atom stereocenters. The molecule has 28 heavy (non-hydrogen) atoms. The van der Waals surface area contributed by atoms with Crippen LogP contribution in [-0.2, 0) is 12.8 Å². The van der Waals surface area contributed by atoms with Gasteiger partial charge in [0.05, 0.1) is 13.2 Å². The van der Waals surface area contributed by atoms with Crippen LogP contribution in [0.2, 0.25) is 0 Å². The number of allylic oxidation sites excluding steroid dienone is 1. The van der Waals surface area contributed by atoms with Gasteiger partial charge in [0.1, 0.15) is 0 Å². The summed E-state index contributed by atoms with van der Waals surface area (Å²) in [6, 6.07) is 10.5. The van der Waals surface area contributed by atoms with Gasteiger partial charge in [0.15, 0.2) is 11.5 Å². The number of nitrogens with zero attached hydrogens (tertiary/aromatic N) is 1. The van der Waals surface area contributed by atoms with Crippen molar-refractivity contribution in [2.24, 2.45) is 0 Å². The minimum Gasteiger partial charge on any atom is -0.493 e. The first kappa shape index (κ1) is 23.7. The summed E-state index contributed by atoms with van der Waals surface area (Å²) in [5.74, 6) is 1.73. The van der Waals surface area contributed by atoms with Crippen molar-refractivity contribution in [1.82, 2.24) is 4.98 Å². The van der Waals surface area contributed by atoms with Gasteiger partial charge in [0.2, 0.25) is 0 Å². The third-order valence-corrected chi connectivity index (χ3v) is 4.49. The highest BCUT2D eigenvalue weighted by Gasteiger charge is 2.18. The van der Waals surface area contributed by atoms with E-state index in [0.717, 1.165) is 42.9 Å². The Labute approximate surface area is 171 Å². The van der Waals surface area contributed by atoms with Crippen LogP contribution in [-0.4, -0.2) is 18.2 Å². The summed E-state index contributed by atoms with van der Waals surface area (Å²) in [6.45, 7) is 11.3. The number of rotatable bonds is 6. The first-order chi connectivity index (χ1) is 13.7. The van der Waals surface area contributed by atoms with E-state index in [1.807, 2.05) is 40.0 Å². The Hall–Kier alpha value is -2.29. The molecule has 0 atom stereocenters. The third-order valence-electron chi connectivity index (χ3n) is 4.49. The van der Waals surface area contributed by atoms with Gasteiger partial charge < -0.3 is 9.47 Å². The summed E-state index contributed by atoms with van der Waals surface area (Å²) >= 11 is 0. The number of hydrogen-bond donors (Lipinski definition) is 0. The zero-order valence-corrected chi connectivity index (χ0v) is 18.3. The standard InChI is InChI=1S/C20H25NO2.C3H6.C2H6/c1-15-13-17(11-12-21-15)8-7-16-9-10-19(22-2)20(14-16)23-18-5-3-4-6-18;1-3-2;1-2/h9-14,18H,3-8H2,1-2H3;3H,1H2,2H3;1-2H3. The number of aryl methyl sites for hydroxylation is 3. The molecule has 0 aliphatic heterocycles. The van der Waals surface area contributed by atoms with Gasteiger partial charge in [-0.05, 0) is 87.8 Å². The third kappa shape index (κ3) is 8.16. The molecule has 1 aromatic heterocycles. The highest BCUT2D eigenvalue weighted by molar-refractivity contribution is 5.43. The first-order valence-electron chi connectivity index (χ1n) is 10.5. The number of benzene rings is 1. The number of hydrogen-bond acceptors (Lipinski definition) is 3. The summed E-state index contributed by atoms with van der Waals surface area (Å²) in [7, 11) is 1.70. The van der Waals surface area contributed by atoms with E-state index >= 15 is 0 Å². The Kier molecular flexibility index (Phi) is 11.7. The van der Waals surface area contributed by atoms with Crippen LogP contribution in [0.15, 0.2) is 49.2 Å². The van der Waals surface area contributed by atoms with Crippen LogP contribution in [0.25, 0.3) is 0 Å². The lowest BCUT2D eigenvalue weighted by Crippen LogP contribution is -2.11. The van der Waals surface area contributed by atoms with Gasteiger partial charge in [-0.25, -0.2) is 0 Å². The van der Waals surface area contributed by atoms with Crippen LogP contribution in [0.1, 0.15) is 63.3 Å². The summed E-state index contributed by atoms with van der Waals surface area (Å²) in [5.41, 5.74) is 3.68. The van der Waals surface area contributed by atoms with Crippen molar-refractivity contribution in [3.05, 3.63) is 66.0 Å². The van der Waals surface area contributed by atoms with Crippen molar-refractivity contribution in [3.8, 4) is 11.5 Å². The molecular formula is C25H37NO2. The fraction of sp³-hybridized carbons (Fsp3) is 0.480. The summed E-state index contributed by atoms with van der Waals surface area (Å²) < 4.78 is 11.6. The highest BCUT2D eigenvalue weighted by Crippen LogP contribution is 2.32. The molecule has 1 aliphatic carbocycles. The largest absolute Gasteiger partial charge is 0.493 e. The zero-order valence-electron chi connectivity index (χ0n) is 18.3. The van der Waals surface area contributed by atoms with E-state index in [0.29, 0.717) is 6.10 Å². The Balaban J connectivity index is 0.000000717. The Morgan fingerprint density at radius 1 is 1.04 bits per heavy atom. The van der Waals surface area contributed by atoms with Gasteiger partial charge >= 0.3 is 0 Å². The van der Waals surface area contributed by atoms with Gasteiger partial charge in [-0.2, -0.15) is 0 Å². The average Bonchev–Trinajstić information content (AvgIpc) is 3.22. The molecule has 0 amide bonds. The van der Waals surface area contributed by atoms with E-state index in [4.69, 9.17) is 9.47 Å². The second-order valence-corrected chi connectivity index (χ2v) is 6.72. The molecule has 3 heteroatoms. The lowest BCUT2D eigenvalue weighted by Gasteiger charge is -2.17. The van der Waals surface area contributed by atoms with Crippen LogP contribution in [0.5, 0.6) is 11.5 Å². The first-order valence-corrected chi connectivity index (χ1v) is 10.5. The number of aromatic nitrogens is 1. The van der Waals surface area contributed by atoms with E-state index in [2.05, 4.69) is 35.8 Å². The van der Waals surface area contributed by atoms with E-state index in [1.165, 1.54) is 24.0 Å². The van der Waals surface area contributed by atoms with Gasteiger partial charge in [0.25, 0.3) is 0 Å². The molecule has 0 bridgehead atoms. The van der Waals surface area contributed by atoms with E-state index in [-0.39, 0.29) is 0 Å². The van der Waals surface area contributed by atoms with Crippen LogP contribution in [0.3, 0.4) is 0 Å². The van der Waals surface area contributed by atoms with Gasteiger partial charge in [0, 0.05) is 11.9 Å². The molecule has 0 spiro atoms. The van der Waals surface area contributed by atoms with Crippen molar-refractivity contribution < 1.29 is 9.47 Å².